The van der Waals surface area contributed by atoms with Crippen LogP contribution in [0.5, 0.6) is 5.75 Å². The number of anilines is 1. The molecule has 1 amide bonds. The molecule has 0 saturated heterocycles. The summed E-state index contributed by atoms with van der Waals surface area (Å²) in [5.74, 6) is 1.84. The fraction of sp³-hybridized carbons (Fsp3) is 0.292. The molecule has 3 rings (SSSR count). The first-order valence-corrected chi connectivity index (χ1v) is 12.6. The first-order chi connectivity index (χ1) is 15.9. The van der Waals surface area contributed by atoms with Gasteiger partial charge < -0.3 is 14.6 Å². The van der Waals surface area contributed by atoms with Gasteiger partial charge in [0.25, 0.3) is 0 Å². The molecule has 9 heteroatoms. The van der Waals surface area contributed by atoms with E-state index < -0.39 is 0 Å². The number of nitrogens with zero attached hydrogens (tertiary/aromatic N) is 3. The minimum Gasteiger partial charge on any atom is -0.493 e. The van der Waals surface area contributed by atoms with Crippen molar-refractivity contribution in [2.45, 2.75) is 38.4 Å². The highest BCUT2D eigenvalue weighted by Crippen LogP contribution is 2.23. The number of ether oxygens (including phenoxy) is 1. The van der Waals surface area contributed by atoms with Crippen LogP contribution in [0.2, 0.25) is 5.02 Å². The maximum Gasteiger partial charge on any atom is 0.234 e. The maximum absolute atomic E-state index is 12.4. The van der Waals surface area contributed by atoms with Gasteiger partial charge in [0.2, 0.25) is 5.91 Å². The normalized spacial score (nSPS) is 10.8. The maximum atomic E-state index is 12.4. The van der Waals surface area contributed by atoms with Gasteiger partial charge in [-0.05, 0) is 67.8 Å². The van der Waals surface area contributed by atoms with Crippen LogP contribution in [-0.2, 0) is 17.8 Å². The highest BCUT2D eigenvalue weighted by molar-refractivity contribution is 9.10. The van der Waals surface area contributed by atoms with E-state index in [9.17, 15) is 4.79 Å². The van der Waals surface area contributed by atoms with E-state index in [1.165, 1.54) is 11.8 Å². The van der Waals surface area contributed by atoms with Crippen LogP contribution in [0.1, 0.15) is 23.4 Å². The summed E-state index contributed by atoms with van der Waals surface area (Å²) in [6, 6.07) is 11.3. The van der Waals surface area contributed by atoms with Gasteiger partial charge in [0.1, 0.15) is 11.6 Å². The van der Waals surface area contributed by atoms with Crippen molar-refractivity contribution in [3.8, 4) is 5.75 Å². The third kappa shape index (κ3) is 7.35. The summed E-state index contributed by atoms with van der Waals surface area (Å²) in [6.07, 6.45) is 3.31. The number of benzene rings is 2. The number of thioether (sulfide) groups is 1. The molecule has 2 aromatic carbocycles. The smallest absolute Gasteiger partial charge is 0.234 e. The lowest BCUT2D eigenvalue weighted by atomic mass is 10.2. The zero-order valence-corrected chi connectivity index (χ0v) is 21.8. The van der Waals surface area contributed by atoms with Crippen molar-refractivity contribution in [2.24, 2.45) is 0 Å². The molecular formula is C24H26BrClN4O2S. The third-order valence-corrected chi connectivity index (χ3v) is 6.53. The van der Waals surface area contributed by atoms with Crippen LogP contribution in [0.3, 0.4) is 0 Å². The second-order valence-corrected chi connectivity index (χ2v) is 9.75. The summed E-state index contributed by atoms with van der Waals surface area (Å²) < 4.78 is 8.93. The lowest BCUT2D eigenvalue weighted by Crippen LogP contribution is -2.15. The SMILES string of the molecule is C=CCn1c(CCCOc2ccc(Br)cc2C)nnc1SCC(=O)Nc1ccc(Cl)cc1C. The number of carbonyl (C=O) groups is 1. The second kappa shape index (κ2) is 12.3. The molecule has 0 bridgehead atoms. The summed E-state index contributed by atoms with van der Waals surface area (Å²) in [7, 11) is 0. The number of hydrogen-bond donors (Lipinski definition) is 1. The van der Waals surface area contributed by atoms with E-state index in [4.69, 9.17) is 16.3 Å². The van der Waals surface area contributed by atoms with E-state index in [0.717, 1.165) is 39.3 Å². The average Bonchev–Trinajstić information content (AvgIpc) is 3.15. The van der Waals surface area contributed by atoms with Crippen LogP contribution in [0.4, 0.5) is 5.69 Å². The molecule has 1 heterocycles. The highest BCUT2D eigenvalue weighted by Gasteiger charge is 2.14. The standard InChI is InChI=1S/C24H26BrClN4O2S/c1-4-11-30-22(6-5-12-32-21-10-7-18(25)13-17(21)3)28-29-24(30)33-15-23(31)27-20-9-8-19(26)14-16(20)2/h4,7-10,13-14H,1,5-6,11-12,15H2,2-3H3,(H,27,31). The first kappa shape index (κ1) is 25.3. The Morgan fingerprint density at radius 1 is 1.24 bits per heavy atom. The van der Waals surface area contributed by atoms with Crippen molar-refractivity contribution in [3.63, 3.8) is 0 Å². The summed E-state index contributed by atoms with van der Waals surface area (Å²) in [4.78, 5) is 12.4. The van der Waals surface area contributed by atoms with Crippen molar-refractivity contribution in [2.75, 3.05) is 17.7 Å². The zero-order valence-electron chi connectivity index (χ0n) is 18.6. The molecule has 1 aromatic heterocycles. The van der Waals surface area contributed by atoms with E-state index in [2.05, 4.69) is 38.0 Å². The van der Waals surface area contributed by atoms with E-state index >= 15 is 0 Å². The van der Waals surface area contributed by atoms with Crippen molar-refractivity contribution in [3.05, 3.63) is 75.5 Å². The van der Waals surface area contributed by atoms with Crippen LogP contribution >= 0.6 is 39.3 Å². The molecule has 0 aliphatic rings. The molecule has 0 aliphatic carbocycles. The number of allylic oxidation sites excluding steroid dienone is 1. The van der Waals surface area contributed by atoms with Gasteiger partial charge in [-0.25, -0.2) is 0 Å². The number of amides is 1. The highest BCUT2D eigenvalue weighted by atomic mass is 79.9. The topological polar surface area (TPSA) is 69.0 Å². The molecule has 33 heavy (non-hydrogen) atoms. The van der Waals surface area contributed by atoms with E-state index in [0.29, 0.717) is 29.8 Å². The number of aryl methyl sites for hydroxylation is 3. The number of hydrogen-bond acceptors (Lipinski definition) is 5. The molecule has 0 fully saturated rings. The summed E-state index contributed by atoms with van der Waals surface area (Å²) in [5, 5.41) is 12.9. The quantitative estimate of drug-likeness (QED) is 0.174. The Kier molecular flexibility index (Phi) is 9.41. The van der Waals surface area contributed by atoms with Gasteiger partial charge in [-0.3, -0.25) is 4.79 Å². The molecule has 1 N–H and O–H groups in total. The Morgan fingerprint density at radius 2 is 2.06 bits per heavy atom. The molecule has 0 aliphatic heterocycles. The van der Waals surface area contributed by atoms with Crippen molar-refractivity contribution < 1.29 is 9.53 Å². The lowest BCUT2D eigenvalue weighted by Gasteiger charge is -2.11. The van der Waals surface area contributed by atoms with Crippen molar-refractivity contribution in [1.29, 1.82) is 0 Å². The predicted molar refractivity (Wildman–Crippen MR) is 138 cm³/mol. The Balaban J connectivity index is 1.53. The van der Waals surface area contributed by atoms with Crippen LogP contribution in [-0.4, -0.2) is 33.0 Å². The Labute approximate surface area is 211 Å². The van der Waals surface area contributed by atoms with Gasteiger partial charge in [-0.1, -0.05) is 45.4 Å². The molecule has 6 nitrogen and oxygen atoms in total. The lowest BCUT2D eigenvalue weighted by molar-refractivity contribution is -0.113. The van der Waals surface area contributed by atoms with Gasteiger partial charge in [0.15, 0.2) is 5.16 Å². The largest absolute Gasteiger partial charge is 0.493 e. The number of aromatic nitrogens is 3. The molecule has 0 atom stereocenters. The Bertz CT molecular complexity index is 1140. The van der Waals surface area contributed by atoms with Crippen LogP contribution in [0.25, 0.3) is 0 Å². The number of rotatable bonds is 11. The van der Waals surface area contributed by atoms with E-state index in [-0.39, 0.29) is 11.7 Å². The number of carbonyl (C=O) groups excluding carboxylic acids is 1. The van der Waals surface area contributed by atoms with Gasteiger partial charge in [-0.2, -0.15) is 0 Å². The molecule has 0 radical (unpaired) electrons. The molecule has 3 aromatic rings. The third-order valence-electron chi connectivity index (χ3n) is 4.84. The minimum absolute atomic E-state index is 0.113. The van der Waals surface area contributed by atoms with E-state index in [1.807, 2.05) is 42.7 Å². The molecule has 174 valence electrons. The Hall–Kier alpha value is -2.29. The van der Waals surface area contributed by atoms with Crippen LogP contribution in [0.15, 0.2) is 58.7 Å². The fourth-order valence-electron chi connectivity index (χ4n) is 3.19. The van der Waals surface area contributed by atoms with Gasteiger partial charge in [0.05, 0.1) is 12.4 Å². The first-order valence-electron chi connectivity index (χ1n) is 10.5. The van der Waals surface area contributed by atoms with Crippen LogP contribution in [0, 0.1) is 13.8 Å². The van der Waals surface area contributed by atoms with Crippen LogP contribution < -0.4 is 10.1 Å². The monoisotopic (exact) mass is 548 g/mol. The molecular weight excluding hydrogens is 524 g/mol. The van der Waals surface area contributed by atoms with Crippen molar-refractivity contribution in [1.82, 2.24) is 14.8 Å². The van der Waals surface area contributed by atoms with E-state index in [1.54, 1.807) is 18.2 Å². The van der Waals surface area contributed by atoms with Gasteiger partial charge >= 0.3 is 0 Å². The molecule has 0 saturated carbocycles. The van der Waals surface area contributed by atoms with Gasteiger partial charge in [-0.15, -0.1) is 16.8 Å². The summed E-state index contributed by atoms with van der Waals surface area (Å²) >= 11 is 10.8. The second-order valence-electron chi connectivity index (χ2n) is 7.46. The molecule has 0 unspecified atom stereocenters. The molecule has 0 spiro atoms. The number of halogens is 2. The minimum atomic E-state index is -0.113. The number of nitrogens with one attached hydrogen (secondary N) is 1. The van der Waals surface area contributed by atoms with Gasteiger partial charge in [0, 0.05) is 28.1 Å². The summed E-state index contributed by atoms with van der Waals surface area (Å²) in [5.41, 5.74) is 2.75. The summed E-state index contributed by atoms with van der Waals surface area (Å²) in [6.45, 7) is 8.92. The predicted octanol–water partition coefficient (Wildman–Crippen LogP) is 6.24. The average molecular weight is 550 g/mol. The Morgan fingerprint density at radius 3 is 2.79 bits per heavy atom. The zero-order chi connectivity index (χ0) is 23.8. The van der Waals surface area contributed by atoms with Crippen molar-refractivity contribution >= 4 is 50.9 Å². The fourth-order valence-corrected chi connectivity index (χ4v) is 4.66.